The Bertz CT molecular complexity index is 787. The molecule has 0 spiro atoms. The van der Waals surface area contributed by atoms with Gasteiger partial charge in [0.1, 0.15) is 17.5 Å². The van der Waals surface area contributed by atoms with Gasteiger partial charge in [-0.2, -0.15) is 10.2 Å². The fourth-order valence-electron chi connectivity index (χ4n) is 2.17. The lowest BCUT2D eigenvalue weighted by atomic mass is 10.1. The normalized spacial score (nSPS) is 10.0. The molecule has 0 bridgehead atoms. The number of nitrogens with one attached hydrogen (secondary N) is 1. The monoisotopic (exact) mass is 342 g/mol. The van der Waals surface area contributed by atoms with Crippen molar-refractivity contribution in [1.82, 2.24) is 4.98 Å². The van der Waals surface area contributed by atoms with E-state index in [1.54, 1.807) is 18.7 Å². The summed E-state index contributed by atoms with van der Waals surface area (Å²) in [5.74, 6) is 0.178. The van der Waals surface area contributed by atoms with Crippen molar-refractivity contribution in [3.05, 3.63) is 41.5 Å². The highest BCUT2D eigenvalue weighted by atomic mass is 32.2. The van der Waals surface area contributed by atoms with Gasteiger partial charge in [0.25, 0.3) is 0 Å². The fourth-order valence-corrected chi connectivity index (χ4v) is 2.78. The molecule has 1 aromatic carbocycles. The first kappa shape index (κ1) is 17.6. The van der Waals surface area contributed by atoms with E-state index in [-0.39, 0.29) is 35.3 Å². The Morgan fingerprint density at radius 1 is 1.46 bits per heavy atom. The summed E-state index contributed by atoms with van der Waals surface area (Å²) in [7, 11) is 0. The Hall–Kier alpha value is -2.72. The van der Waals surface area contributed by atoms with Crippen LogP contribution in [0.3, 0.4) is 0 Å². The van der Waals surface area contributed by atoms with Gasteiger partial charge in [-0.25, -0.2) is 0 Å². The molecule has 2 rings (SSSR count). The largest absolute Gasteiger partial charge is 0.477 e. The van der Waals surface area contributed by atoms with Gasteiger partial charge < -0.3 is 15.8 Å². The molecule has 6 nitrogen and oxygen atoms in total. The number of hydrogen-bond donors (Lipinski definition) is 2. The van der Waals surface area contributed by atoms with E-state index in [9.17, 15) is 4.79 Å². The van der Waals surface area contributed by atoms with Gasteiger partial charge in [-0.1, -0.05) is 18.2 Å². The Morgan fingerprint density at radius 2 is 2.21 bits per heavy atom. The van der Waals surface area contributed by atoms with Gasteiger partial charge in [0.2, 0.25) is 11.8 Å². The van der Waals surface area contributed by atoms with Crippen LogP contribution in [0.4, 0.5) is 11.5 Å². The number of hydrogen-bond acceptors (Lipinski definition) is 6. The van der Waals surface area contributed by atoms with Crippen molar-refractivity contribution in [2.24, 2.45) is 0 Å². The quantitative estimate of drug-likeness (QED) is 0.783. The van der Waals surface area contributed by atoms with E-state index >= 15 is 0 Å². The summed E-state index contributed by atoms with van der Waals surface area (Å²) in [6.07, 6.45) is 2.19. The van der Waals surface area contributed by atoms with E-state index in [2.05, 4.69) is 10.3 Å². The zero-order valence-electron chi connectivity index (χ0n) is 13.5. The number of benzene rings is 1. The second-order valence-electron chi connectivity index (χ2n) is 4.86. The molecule has 0 saturated heterocycles. The minimum Gasteiger partial charge on any atom is -0.477 e. The van der Waals surface area contributed by atoms with Crippen LogP contribution in [-0.2, 0) is 11.2 Å². The topological polar surface area (TPSA) is 101 Å². The molecule has 124 valence electrons. The first-order valence-corrected chi connectivity index (χ1v) is 8.56. The molecule has 0 saturated carbocycles. The van der Waals surface area contributed by atoms with Crippen LogP contribution in [0.1, 0.15) is 18.1 Å². The predicted molar refractivity (Wildman–Crippen MR) is 95.1 cm³/mol. The number of thioether (sulfide) groups is 1. The molecule has 3 N–H and O–H groups in total. The molecule has 7 heteroatoms. The number of nitrogens with zero attached hydrogens (tertiary/aromatic N) is 2. The summed E-state index contributed by atoms with van der Waals surface area (Å²) in [5, 5.41) is 11.8. The molecular weight excluding hydrogens is 324 g/mol. The number of anilines is 2. The van der Waals surface area contributed by atoms with Gasteiger partial charge in [0, 0.05) is 11.0 Å². The summed E-state index contributed by atoms with van der Waals surface area (Å²) in [4.78, 5) is 17.5. The molecule has 0 aliphatic heterocycles. The number of pyridine rings is 1. The summed E-state index contributed by atoms with van der Waals surface area (Å²) in [6, 6.07) is 11.1. The number of nitriles is 1. The Labute approximate surface area is 145 Å². The third-order valence-electron chi connectivity index (χ3n) is 3.22. The number of rotatable bonds is 6. The van der Waals surface area contributed by atoms with Crippen molar-refractivity contribution in [1.29, 1.82) is 5.26 Å². The van der Waals surface area contributed by atoms with Crippen molar-refractivity contribution in [2.45, 2.75) is 18.2 Å². The molecule has 0 radical (unpaired) electrons. The van der Waals surface area contributed by atoms with Crippen molar-refractivity contribution >= 4 is 29.2 Å². The van der Waals surface area contributed by atoms with Gasteiger partial charge in [-0.15, -0.1) is 11.8 Å². The van der Waals surface area contributed by atoms with Crippen LogP contribution in [0.5, 0.6) is 5.88 Å². The van der Waals surface area contributed by atoms with Crippen LogP contribution in [0.2, 0.25) is 0 Å². The lowest BCUT2D eigenvalue weighted by molar-refractivity contribution is -0.115. The zero-order valence-corrected chi connectivity index (χ0v) is 14.3. The standard InChI is InChI=1S/C17H18N4O2S/c1-3-23-17-12(10-18)13(19)9-15(21-17)20-16(22)8-11-6-4-5-7-14(11)24-2/h4-7,9H,3,8H2,1-2H3,(H3,19,20,21,22). The third-order valence-corrected chi connectivity index (χ3v) is 4.06. The molecule has 0 unspecified atom stereocenters. The second-order valence-corrected chi connectivity index (χ2v) is 5.71. The van der Waals surface area contributed by atoms with Gasteiger partial charge >= 0.3 is 0 Å². The summed E-state index contributed by atoms with van der Waals surface area (Å²) < 4.78 is 5.32. The number of amides is 1. The minimum absolute atomic E-state index is 0.125. The molecule has 1 aromatic heterocycles. The first-order valence-electron chi connectivity index (χ1n) is 7.34. The van der Waals surface area contributed by atoms with Crippen LogP contribution in [0.15, 0.2) is 35.2 Å². The average molecular weight is 342 g/mol. The minimum atomic E-state index is -0.212. The number of nitrogens with two attached hydrogens (primary N) is 1. The van der Waals surface area contributed by atoms with Crippen LogP contribution in [0, 0.1) is 11.3 Å². The number of aromatic nitrogens is 1. The smallest absolute Gasteiger partial charge is 0.235 e. The molecule has 0 aliphatic rings. The highest BCUT2D eigenvalue weighted by Gasteiger charge is 2.14. The van der Waals surface area contributed by atoms with Gasteiger partial charge in [-0.3, -0.25) is 4.79 Å². The van der Waals surface area contributed by atoms with E-state index in [1.807, 2.05) is 36.6 Å². The summed E-state index contributed by atoms with van der Waals surface area (Å²) in [6.45, 7) is 2.13. The Kier molecular flexibility index (Phi) is 6.04. The lowest BCUT2D eigenvalue weighted by Crippen LogP contribution is -2.16. The van der Waals surface area contributed by atoms with Crippen molar-refractivity contribution in [3.8, 4) is 11.9 Å². The third kappa shape index (κ3) is 4.18. The maximum atomic E-state index is 12.3. The van der Waals surface area contributed by atoms with E-state index < -0.39 is 0 Å². The highest BCUT2D eigenvalue weighted by molar-refractivity contribution is 7.98. The number of carbonyl (C=O) groups excluding carboxylic acids is 1. The highest BCUT2D eigenvalue weighted by Crippen LogP contribution is 2.25. The Balaban J connectivity index is 2.18. The van der Waals surface area contributed by atoms with Crippen molar-refractivity contribution in [3.63, 3.8) is 0 Å². The van der Waals surface area contributed by atoms with E-state index in [0.717, 1.165) is 10.5 Å². The summed E-state index contributed by atoms with van der Waals surface area (Å²) >= 11 is 1.59. The van der Waals surface area contributed by atoms with Gasteiger partial charge in [-0.05, 0) is 24.8 Å². The average Bonchev–Trinajstić information content (AvgIpc) is 2.55. The van der Waals surface area contributed by atoms with Crippen LogP contribution in [-0.4, -0.2) is 23.8 Å². The Morgan fingerprint density at radius 3 is 2.88 bits per heavy atom. The van der Waals surface area contributed by atoms with Gasteiger partial charge in [0.05, 0.1) is 18.7 Å². The SMILES string of the molecule is CCOc1nc(NC(=O)Cc2ccccc2SC)cc(N)c1C#N. The van der Waals surface area contributed by atoms with Gasteiger partial charge in [0.15, 0.2) is 0 Å². The number of nitrogen functional groups attached to an aromatic ring is 1. The number of carbonyl (C=O) groups is 1. The molecule has 0 aliphatic carbocycles. The maximum absolute atomic E-state index is 12.3. The second kappa shape index (κ2) is 8.22. The zero-order chi connectivity index (χ0) is 17.5. The first-order chi connectivity index (χ1) is 11.6. The van der Waals surface area contributed by atoms with E-state index in [4.69, 9.17) is 15.7 Å². The fraction of sp³-hybridized carbons (Fsp3) is 0.235. The van der Waals surface area contributed by atoms with Crippen LogP contribution >= 0.6 is 11.8 Å². The molecular formula is C17H18N4O2S. The van der Waals surface area contributed by atoms with E-state index in [0.29, 0.717) is 6.61 Å². The molecule has 2 aromatic rings. The molecule has 1 heterocycles. The van der Waals surface area contributed by atoms with Crippen LogP contribution in [0.25, 0.3) is 0 Å². The predicted octanol–water partition coefficient (Wildman–Crippen LogP) is 2.84. The molecule has 1 amide bonds. The van der Waals surface area contributed by atoms with E-state index in [1.165, 1.54) is 6.07 Å². The maximum Gasteiger partial charge on any atom is 0.235 e. The molecule has 24 heavy (non-hydrogen) atoms. The lowest BCUT2D eigenvalue weighted by Gasteiger charge is -2.11. The van der Waals surface area contributed by atoms with Crippen molar-refractivity contribution in [2.75, 3.05) is 23.9 Å². The van der Waals surface area contributed by atoms with Crippen molar-refractivity contribution < 1.29 is 9.53 Å². The van der Waals surface area contributed by atoms with Crippen LogP contribution < -0.4 is 15.8 Å². The number of ether oxygens (including phenoxy) is 1. The summed E-state index contributed by atoms with van der Waals surface area (Å²) in [5.41, 5.74) is 7.17. The molecule has 0 atom stereocenters. The molecule has 0 fully saturated rings.